The highest BCUT2D eigenvalue weighted by molar-refractivity contribution is 6.19. The van der Waals surface area contributed by atoms with Gasteiger partial charge in [0.2, 0.25) is 0 Å². The summed E-state index contributed by atoms with van der Waals surface area (Å²) in [5.74, 6) is 0.637. The van der Waals surface area contributed by atoms with Gasteiger partial charge in [-0.25, -0.2) is 15.0 Å². The minimum absolute atomic E-state index is 0.370. The molecule has 2 aromatic rings. The first kappa shape index (κ1) is 16.9. The van der Waals surface area contributed by atoms with Crippen molar-refractivity contribution in [3.63, 3.8) is 0 Å². The summed E-state index contributed by atoms with van der Waals surface area (Å²) in [6, 6.07) is 0.370. The summed E-state index contributed by atoms with van der Waals surface area (Å²) in [7, 11) is 0. The molecule has 1 saturated carbocycles. The molecule has 25 heavy (non-hydrogen) atoms. The second-order valence-electron chi connectivity index (χ2n) is 6.52. The van der Waals surface area contributed by atoms with E-state index in [1.807, 2.05) is 0 Å². The van der Waals surface area contributed by atoms with E-state index in [-0.39, 0.29) is 0 Å². The second-order valence-corrected chi connectivity index (χ2v) is 6.96. The molecule has 1 saturated heterocycles. The number of anilines is 1. The molecule has 9 nitrogen and oxygen atoms in total. The molecule has 5 atom stereocenters. The van der Waals surface area contributed by atoms with Gasteiger partial charge in [-0.3, -0.25) is 4.57 Å². The minimum atomic E-state index is -1.43. The van der Waals surface area contributed by atoms with E-state index in [1.165, 1.54) is 30.1 Å². The molecule has 0 amide bonds. The summed E-state index contributed by atoms with van der Waals surface area (Å²) in [5, 5.41) is 33.1. The van der Waals surface area contributed by atoms with Crippen molar-refractivity contribution in [2.75, 3.05) is 5.32 Å². The highest BCUT2D eigenvalue weighted by Crippen LogP contribution is 2.34. The third-order valence-corrected chi connectivity index (χ3v) is 5.12. The third kappa shape index (κ3) is 2.96. The van der Waals surface area contributed by atoms with Gasteiger partial charge < -0.3 is 25.4 Å². The Balaban J connectivity index is 1.65. The van der Waals surface area contributed by atoms with E-state index in [0.29, 0.717) is 23.0 Å². The highest BCUT2D eigenvalue weighted by atomic mass is 35.5. The number of nitrogens with zero attached hydrogens (tertiary/aromatic N) is 4. The maximum absolute atomic E-state index is 10.3. The van der Waals surface area contributed by atoms with Gasteiger partial charge in [0.1, 0.15) is 24.6 Å². The molecule has 1 aliphatic carbocycles. The first-order valence-corrected chi connectivity index (χ1v) is 8.77. The van der Waals surface area contributed by atoms with Gasteiger partial charge >= 0.3 is 0 Å². The predicted octanol–water partition coefficient (Wildman–Crippen LogP) is 0.357. The lowest BCUT2D eigenvalue weighted by molar-refractivity contribution is -0.0613. The first-order valence-electron chi connectivity index (χ1n) is 8.34. The quantitative estimate of drug-likeness (QED) is 0.569. The largest absolute Gasteiger partial charge is 0.387 e. The number of aliphatic hydroxyl groups excluding tert-OH is 3. The number of hydrogen-bond acceptors (Lipinski definition) is 8. The van der Waals surface area contributed by atoms with Gasteiger partial charge in [-0.1, -0.05) is 24.4 Å². The summed E-state index contributed by atoms with van der Waals surface area (Å²) in [6.45, 7) is 0. The van der Waals surface area contributed by atoms with E-state index in [9.17, 15) is 15.3 Å². The van der Waals surface area contributed by atoms with Crippen LogP contribution in [0.2, 0.25) is 0 Å². The lowest BCUT2D eigenvalue weighted by atomic mass is 10.1. The molecule has 0 spiro atoms. The number of ether oxygens (including phenoxy) is 1. The van der Waals surface area contributed by atoms with Crippen molar-refractivity contribution in [2.45, 2.75) is 61.8 Å². The second kappa shape index (κ2) is 6.65. The van der Waals surface area contributed by atoms with Crippen LogP contribution < -0.4 is 5.32 Å². The highest BCUT2D eigenvalue weighted by Gasteiger charge is 2.47. The first-order chi connectivity index (χ1) is 12.1. The molecule has 0 bridgehead atoms. The van der Waals surface area contributed by atoms with Gasteiger partial charge in [0.25, 0.3) is 0 Å². The van der Waals surface area contributed by atoms with Crippen LogP contribution in [0, 0.1) is 0 Å². The van der Waals surface area contributed by atoms with Crippen molar-refractivity contribution >= 4 is 28.6 Å². The average molecular weight is 370 g/mol. The number of rotatable bonds is 4. The Morgan fingerprint density at radius 2 is 1.96 bits per heavy atom. The molecule has 3 heterocycles. The summed E-state index contributed by atoms with van der Waals surface area (Å²) in [4.78, 5) is 12.8. The number of hydrogen-bond donors (Lipinski definition) is 4. The Hall–Kier alpha value is -1.52. The van der Waals surface area contributed by atoms with E-state index in [4.69, 9.17) is 16.3 Å². The van der Waals surface area contributed by atoms with Crippen LogP contribution in [-0.2, 0) is 4.74 Å². The van der Waals surface area contributed by atoms with Crippen molar-refractivity contribution in [1.82, 2.24) is 19.5 Å². The van der Waals surface area contributed by atoms with Crippen molar-refractivity contribution < 1.29 is 20.1 Å². The van der Waals surface area contributed by atoms with Crippen LogP contribution in [0.25, 0.3) is 11.2 Å². The lowest BCUT2D eigenvalue weighted by Crippen LogP contribution is -2.36. The predicted molar refractivity (Wildman–Crippen MR) is 89.0 cm³/mol. The topological polar surface area (TPSA) is 126 Å². The molecule has 10 heteroatoms. The minimum Gasteiger partial charge on any atom is -0.387 e. The number of fused-ring (bicyclic) bond motifs is 1. The fourth-order valence-electron chi connectivity index (χ4n) is 3.55. The smallest absolute Gasteiger partial charge is 0.167 e. The van der Waals surface area contributed by atoms with Crippen LogP contribution in [0.1, 0.15) is 31.9 Å². The van der Waals surface area contributed by atoms with Crippen molar-refractivity contribution in [1.29, 1.82) is 0 Å². The molecule has 2 aliphatic rings. The van der Waals surface area contributed by atoms with Crippen molar-refractivity contribution in [3.8, 4) is 0 Å². The monoisotopic (exact) mass is 369 g/mol. The number of halogens is 1. The van der Waals surface area contributed by atoms with Crippen LogP contribution >= 0.6 is 11.6 Å². The Morgan fingerprint density at radius 1 is 1.20 bits per heavy atom. The standard InChI is InChI=1S/C15H20ClN5O4/c16-12(24)11-9(22)10(23)15(25-11)21-6-19-8-13(17-5-18-14(8)21)20-7-3-1-2-4-7/h5-7,9-12,15,22-24H,1-4H2,(H,17,18,20)/t9-,10+,11-,12?,15+/m0/s1. The molecule has 4 rings (SSSR count). The number of aliphatic hydroxyl groups is 3. The fourth-order valence-corrected chi connectivity index (χ4v) is 3.76. The Labute approximate surface area is 148 Å². The molecular weight excluding hydrogens is 350 g/mol. The summed E-state index contributed by atoms with van der Waals surface area (Å²) in [6.07, 6.45) is 2.85. The summed E-state index contributed by atoms with van der Waals surface area (Å²) in [5.41, 5.74) is -0.398. The number of alkyl halides is 1. The fraction of sp³-hybridized carbons (Fsp3) is 0.667. The van der Waals surface area contributed by atoms with Crippen LogP contribution in [0.3, 0.4) is 0 Å². The van der Waals surface area contributed by atoms with E-state index in [1.54, 1.807) is 0 Å². The number of aromatic nitrogens is 4. The van der Waals surface area contributed by atoms with E-state index < -0.39 is 30.1 Å². The van der Waals surface area contributed by atoms with Gasteiger partial charge in [0.05, 0.1) is 6.33 Å². The van der Waals surface area contributed by atoms with Crippen LogP contribution in [-0.4, -0.2) is 64.8 Å². The Morgan fingerprint density at radius 3 is 2.64 bits per heavy atom. The lowest BCUT2D eigenvalue weighted by Gasteiger charge is -2.17. The molecule has 2 fully saturated rings. The van der Waals surface area contributed by atoms with Crippen molar-refractivity contribution in [3.05, 3.63) is 12.7 Å². The van der Waals surface area contributed by atoms with Crippen molar-refractivity contribution in [2.24, 2.45) is 0 Å². The van der Waals surface area contributed by atoms with Gasteiger partial charge in [0, 0.05) is 6.04 Å². The summed E-state index contributed by atoms with van der Waals surface area (Å²) >= 11 is 5.61. The Bertz CT molecular complexity index is 751. The average Bonchev–Trinajstić information content (AvgIpc) is 3.29. The maximum Gasteiger partial charge on any atom is 0.167 e. The summed E-state index contributed by atoms with van der Waals surface area (Å²) < 4.78 is 7.05. The van der Waals surface area contributed by atoms with Gasteiger partial charge in [0.15, 0.2) is 28.8 Å². The SMILES string of the molecule is OC(Cl)[C@H]1O[C@@H](n2cnc3c(NC4CCCC4)ncnc32)[C@H](O)[C@@H]1O. The van der Waals surface area contributed by atoms with E-state index in [0.717, 1.165) is 12.8 Å². The van der Waals surface area contributed by atoms with Crippen LogP contribution in [0.15, 0.2) is 12.7 Å². The zero-order valence-electron chi connectivity index (χ0n) is 13.4. The zero-order valence-corrected chi connectivity index (χ0v) is 14.1. The normalized spacial score (nSPS) is 31.7. The maximum atomic E-state index is 10.3. The molecule has 4 N–H and O–H groups in total. The molecular formula is C15H20ClN5O4. The molecule has 0 radical (unpaired) electrons. The number of imidazole rings is 1. The van der Waals surface area contributed by atoms with Gasteiger partial charge in [-0.2, -0.15) is 0 Å². The molecule has 1 unspecified atom stereocenters. The Kier molecular flexibility index (Phi) is 4.50. The van der Waals surface area contributed by atoms with E-state index in [2.05, 4.69) is 20.3 Å². The van der Waals surface area contributed by atoms with Crippen LogP contribution in [0.5, 0.6) is 0 Å². The molecule has 2 aromatic heterocycles. The van der Waals surface area contributed by atoms with E-state index >= 15 is 0 Å². The molecule has 0 aromatic carbocycles. The number of nitrogens with one attached hydrogen (secondary N) is 1. The van der Waals surface area contributed by atoms with Gasteiger partial charge in [-0.05, 0) is 12.8 Å². The molecule has 136 valence electrons. The molecule has 1 aliphatic heterocycles. The van der Waals surface area contributed by atoms with Gasteiger partial charge in [-0.15, -0.1) is 0 Å². The van der Waals surface area contributed by atoms with Crippen LogP contribution in [0.4, 0.5) is 5.82 Å². The zero-order chi connectivity index (χ0) is 17.6. The third-order valence-electron chi connectivity index (χ3n) is 4.88.